The monoisotopic (exact) mass is 626 g/mol. The molecule has 1 N–H and O–H groups in total. The van der Waals surface area contributed by atoms with Crippen molar-refractivity contribution in [1.82, 2.24) is 10.3 Å². The van der Waals surface area contributed by atoms with Gasteiger partial charge in [0.05, 0.1) is 0 Å². The summed E-state index contributed by atoms with van der Waals surface area (Å²) in [5.41, 5.74) is -1.38. The SMILES string of the molecule is O=C(NC1CC(F)(F)C1)C(C1CC=CC=C1Cl)N(C(=O)C1CCC(=O)N1c1cccc(C(F)(F)F)n1)c1cccc(F)c1. The Labute approximate surface area is 247 Å². The Bertz CT molecular complexity index is 1490. The summed E-state index contributed by atoms with van der Waals surface area (Å²) in [6, 6.07) is 3.83. The third kappa shape index (κ3) is 6.41. The fraction of sp³-hybridized carbons (Fsp3) is 0.379. The molecule has 0 bridgehead atoms. The van der Waals surface area contributed by atoms with Crippen LogP contribution in [-0.4, -0.2) is 46.8 Å². The predicted molar refractivity (Wildman–Crippen MR) is 145 cm³/mol. The normalized spacial score (nSPS) is 22.5. The lowest BCUT2D eigenvalue weighted by Gasteiger charge is -2.41. The quantitative estimate of drug-likeness (QED) is 0.397. The first-order chi connectivity index (χ1) is 20.2. The van der Waals surface area contributed by atoms with Gasteiger partial charge in [-0.3, -0.25) is 24.2 Å². The number of amides is 3. The van der Waals surface area contributed by atoms with Crippen molar-refractivity contribution in [2.24, 2.45) is 5.92 Å². The zero-order valence-electron chi connectivity index (χ0n) is 22.3. The Hall–Kier alpha value is -3.87. The third-order valence-electron chi connectivity index (χ3n) is 7.59. The summed E-state index contributed by atoms with van der Waals surface area (Å²) >= 11 is 6.50. The van der Waals surface area contributed by atoms with Crippen LogP contribution in [0.4, 0.5) is 37.8 Å². The number of allylic oxidation sites excluding steroid dienone is 3. The van der Waals surface area contributed by atoms with Gasteiger partial charge in [0.2, 0.25) is 11.8 Å². The molecule has 2 aromatic rings. The molecule has 2 aliphatic carbocycles. The molecule has 1 aliphatic heterocycles. The molecule has 14 heteroatoms. The van der Waals surface area contributed by atoms with Gasteiger partial charge in [-0.2, -0.15) is 13.2 Å². The van der Waals surface area contributed by atoms with Crippen LogP contribution in [0, 0.1) is 11.7 Å². The number of nitrogens with one attached hydrogen (secondary N) is 1. The molecule has 228 valence electrons. The molecule has 0 spiro atoms. The molecular weight excluding hydrogens is 602 g/mol. The minimum Gasteiger partial charge on any atom is -0.351 e. The summed E-state index contributed by atoms with van der Waals surface area (Å²) in [4.78, 5) is 46.6. The highest BCUT2D eigenvalue weighted by Crippen LogP contribution is 2.39. The van der Waals surface area contributed by atoms with Crippen LogP contribution in [-0.2, 0) is 20.6 Å². The minimum atomic E-state index is -4.83. The maximum atomic E-state index is 14.5. The first-order valence-corrected chi connectivity index (χ1v) is 13.8. The highest BCUT2D eigenvalue weighted by molar-refractivity contribution is 6.30. The molecule has 1 saturated heterocycles. The van der Waals surface area contributed by atoms with E-state index < -0.39 is 84.0 Å². The highest BCUT2D eigenvalue weighted by Gasteiger charge is 2.50. The number of rotatable bonds is 7. The van der Waals surface area contributed by atoms with Crippen LogP contribution in [0.15, 0.2) is 65.7 Å². The molecule has 1 saturated carbocycles. The van der Waals surface area contributed by atoms with Crippen molar-refractivity contribution >= 4 is 40.8 Å². The second-order valence-electron chi connectivity index (χ2n) is 10.6. The van der Waals surface area contributed by atoms with Crippen molar-refractivity contribution in [1.29, 1.82) is 0 Å². The minimum absolute atomic E-state index is 0.0978. The van der Waals surface area contributed by atoms with Crippen molar-refractivity contribution in [2.75, 3.05) is 9.80 Å². The number of nitrogens with zero attached hydrogens (tertiary/aromatic N) is 3. The van der Waals surface area contributed by atoms with Crippen molar-refractivity contribution in [2.45, 2.75) is 62.3 Å². The molecule has 0 radical (unpaired) electrons. The fourth-order valence-electron chi connectivity index (χ4n) is 5.56. The van der Waals surface area contributed by atoms with E-state index in [1.165, 1.54) is 18.2 Å². The fourth-order valence-corrected chi connectivity index (χ4v) is 5.84. The van der Waals surface area contributed by atoms with E-state index in [9.17, 15) is 40.7 Å². The predicted octanol–water partition coefficient (Wildman–Crippen LogP) is 5.75. The average molecular weight is 627 g/mol. The second kappa shape index (κ2) is 11.7. The van der Waals surface area contributed by atoms with E-state index >= 15 is 0 Å². The van der Waals surface area contributed by atoms with Crippen LogP contribution in [0.2, 0.25) is 0 Å². The van der Waals surface area contributed by atoms with Crippen LogP contribution in [0.25, 0.3) is 0 Å². The first-order valence-electron chi connectivity index (χ1n) is 13.4. The molecule has 7 nitrogen and oxygen atoms in total. The largest absolute Gasteiger partial charge is 0.433 e. The van der Waals surface area contributed by atoms with Gasteiger partial charge in [0, 0.05) is 41.9 Å². The van der Waals surface area contributed by atoms with E-state index in [2.05, 4.69) is 10.3 Å². The number of halogens is 7. The molecule has 2 fully saturated rings. The summed E-state index contributed by atoms with van der Waals surface area (Å²) < 4.78 is 82.0. The van der Waals surface area contributed by atoms with Gasteiger partial charge in [0.15, 0.2) is 0 Å². The Kier molecular flexibility index (Phi) is 8.30. The molecule has 2 heterocycles. The Morgan fingerprint density at radius 2 is 1.86 bits per heavy atom. The maximum absolute atomic E-state index is 14.5. The molecule has 3 unspecified atom stereocenters. The molecule has 3 aliphatic rings. The van der Waals surface area contributed by atoms with Crippen molar-refractivity contribution in [3.63, 3.8) is 0 Å². The van der Waals surface area contributed by atoms with E-state index in [4.69, 9.17) is 11.6 Å². The van der Waals surface area contributed by atoms with Crippen molar-refractivity contribution in [3.8, 4) is 0 Å². The zero-order chi connectivity index (χ0) is 31.1. The average Bonchev–Trinajstić information content (AvgIpc) is 3.31. The molecule has 5 rings (SSSR count). The summed E-state index contributed by atoms with van der Waals surface area (Å²) in [5.74, 6) is -7.47. The van der Waals surface area contributed by atoms with E-state index in [-0.39, 0.29) is 30.0 Å². The van der Waals surface area contributed by atoms with E-state index in [0.29, 0.717) is 0 Å². The topological polar surface area (TPSA) is 82.6 Å². The van der Waals surface area contributed by atoms with Gasteiger partial charge in [-0.25, -0.2) is 18.2 Å². The summed E-state index contributed by atoms with van der Waals surface area (Å²) in [6.07, 6.45) is -1.45. The van der Waals surface area contributed by atoms with Gasteiger partial charge in [-0.1, -0.05) is 35.9 Å². The lowest BCUT2D eigenvalue weighted by molar-refractivity contribution is -0.141. The van der Waals surface area contributed by atoms with Gasteiger partial charge < -0.3 is 5.32 Å². The van der Waals surface area contributed by atoms with Crippen LogP contribution in [0.1, 0.15) is 37.8 Å². The Morgan fingerprint density at radius 3 is 2.51 bits per heavy atom. The molecular formula is C29H25ClF6N4O3. The molecule has 1 aromatic heterocycles. The van der Waals surface area contributed by atoms with Gasteiger partial charge in [0.1, 0.15) is 29.4 Å². The zero-order valence-corrected chi connectivity index (χ0v) is 23.1. The first kappa shape index (κ1) is 30.6. The number of alkyl halides is 5. The number of pyridine rings is 1. The number of carbonyl (C=O) groups excluding carboxylic acids is 3. The number of hydrogen-bond acceptors (Lipinski definition) is 4. The van der Waals surface area contributed by atoms with E-state index in [0.717, 1.165) is 40.1 Å². The van der Waals surface area contributed by atoms with Crippen molar-refractivity contribution in [3.05, 3.63) is 77.2 Å². The smallest absolute Gasteiger partial charge is 0.351 e. The summed E-state index contributed by atoms with van der Waals surface area (Å²) in [7, 11) is 0. The third-order valence-corrected chi connectivity index (χ3v) is 8.00. The molecule has 3 amide bonds. The van der Waals surface area contributed by atoms with Gasteiger partial charge in [-0.05, 0) is 49.2 Å². The molecule has 3 atom stereocenters. The standard InChI is InChI=1S/C29H25ClF6N4O3/c30-20-8-2-1-7-19(20)25(26(42)37-17-14-28(32,33)15-17)39(18-6-3-5-16(31)13-18)27(43)21-11-12-24(41)40(21)23-10-4-9-22(38-23)29(34,35)36/h1-6,8-10,13,17,19,21,25H,7,11-12,14-15H2,(H,37,42). The van der Waals surface area contributed by atoms with Crippen LogP contribution in [0.5, 0.6) is 0 Å². The van der Waals surface area contributed by atoms with Crippen LogP contribution >= 0.6 is 11.6 Å². The van der Waals surface area contributed by atoms with E-state index in [1.54, 1.807) is 12.2 Å². The lowest BCUT2D eigenvalue weighted by Crippen LogP contribution is -2.61. The lowest BCUT2D eigenvalue weighted by atomic mass is 9.86. The highest BCUT2D eigenvalue weighted by atomic mass is 35.5. The number of carbonyl (C=O) groups is 3. The Balaban J connectivity index is 1.58. The van der Waals surface area contributed by atoms with Gasteiger partial charge in [-0.15, -0.1) is 0 Å². The van der Waals surface area contributed by atoms with Crippen LogP contribution < -0.4 is 15.1 Å². The van der Waals surface area contributed by atoms with E-state index in [1.807, 2.05) is 0 Å². The van der Waals surface area contributed by atoms with Crippen LogP contribution in [0.3, 0.4) is 0 Å². The maximum Gasteiger partial charge on any atom is 0.433 e. The number of benzene rings is 1. The van der Waals surface area contributed by atoms with Gasteiger partial charge >= 0.3 is 6.18 Å². The number of anilines is 2. The summed E-state index contributed by atoms with van der Waals surface area (Å²) in [5, 5.41) is 2.70. The molecule has 43 heavy (non-hydrogen) atoms. The molecule has 1 aromatic carbocycles. The number of hydrogen-bond donors (Lipinski definition) is 1. The van der Waals surface area contributed by atoms with Gasteiger partial charge in [0.25, 0.3) is 11.8 Å². The summed E-state index contributed by atoms with van der Waals surface area (Å²) in [6.45, 7) is 0. The number of aromatic nitrogens is 1. The van der Waals surface area contributed by atoms with Crippen molar-refractivity contribution < 1.29 is 40.7 Å². The Morgan fingerprint density at radius 1 is 1.14 bits per heavy atom. The second-order valence-corrected chi connectivity index (χ2v) is 11.1.